The number of nitrogens with one attached hydrogen (secondary N) is 1. The molecule has 0 bridgehead atoms. The highest BCUT2D eigenvalue weighted by atomic mass is 32.2. The van der Waals surface area contributed by atoms with Gasteiger partial charge in [-0.15, -0.1) is 0 Å². The number of aliphatic hydroxyl groups is 1. The van der Waals surface area contributed by atoms with Crippen molar-refractivity contribution < 1.29 is 9.84 Å². The third-order valence-corrected chi connectivity index (χ3v) is 5.38. The van der Waals surface area contributed by atoms with Crippen LogP contribution in [0.25, 0.3) is 0 Å². The molecular weight excluding hydrogens is 282 g/mol. The highest BCUT2D eigenvalue weighted by molar-refractivity contribution is 7.99. The van der Waals surface area contributed by atoms with Crippen LogP contribution in [0.2, 0.25) is 0 Å². The Labute approximate surface area is 135 Å². The van der Waals surface area contributed by atoms with Crippen molar-refractivity contribution >= 4 is 11.8 Å². The highest BCUT2D eigenvalue weighted by Crippen LogP contribution is 2.24. The Morgan fingerprint density at radius 1 is 1.19 bits per heavy atom. The molecule has 1 rings (SSSR count). The van der Waals surface area contributed by atoms with Crippen molar-refractivity contribution in [2.45, 2.75) is 76.1 Å². The van der Waals surface area contributed by atoms with Crippen LogP contribution in [0.15, 0.2) is 0 Å². The molecule has 0 spiro atoms. The Morgan fingerprint density at radius 2 is 2.00 bits per heavy atom. The fraction of sp³-hybridized carbons (Fsp3) is 1.00. The molecule has 0 amide bonds. The molecular formula is C17H35NO2S. The van der Waals surface area contributed by atoms with Crippen LogP contribution in [-0.2, 0) is 4.74 Å². The molecule has 3 nitrogen and oxygen atoms in total. The van der Waals surface area contributed by atoms with Gasteiger partial charge in [-0.2, -0.15) is 11.8 Å². The van der Waals surface area contributed by atoms with Crippen LogP contribution in [0.1, 0.15) is 64.7 Å². The first-order valence-electron chi connectivity index (χ1n) is 8.91. The average molecular weight is 318 g/mol. The molecule has 2 unspecified atom stereocenters. The van der Waals surface area contributed by atoms with Gasteiger partial charge in [-0.25, -0.2) is 0 Å². The maximum absolute atomic E-state index is 9.86. The maximum atomic E-state index is 9.86. The zero-order chi connectivity index (χ0) is 15.2. The number of hydrogen-bond donors (Lipinski definition) is 2. The second-order valence-corrected chi connectivity index (χ2v) is 7.55. The Balaban J connectivity index is 1.81. The Bertz CT molecular complexity index is 223. The van der Waals surface area contributed by atoms with E-state index in [0.717, 1.165) is 24.8 Å². The lowest BCUT2D eigenvalue weighted by Gasteiger charge is -2.22. The smallest absolute Gasteiger partial charge is 0.0897 e. The molecule has 1 saturated heterocycles. The van der Waals surface area contributed by atoms with Crippen LogP contribution in [0, 0.1) is 0 Å². The second kappa shape index (κ2) is 13.9. The third kappa shape index (κ3) is 11.5. The topological polar surface area (TPSA) is 41.5 Å². The van der Waals surface area contributed by atoms with E-state index in [4.69, 9.17) is 4.74 Å². The largest absolute Gasteiger partial charge is 0.389 e. The number of hydrogen-bond acceptors (Lipinski definition) is 4. The quantitative estimate of drug-likeness (QED) is 0.509. The molecule has 0 radical (unpaired) electrons. The molecule has 126 valence electrons. The monoisotopic (exact) mass is 317 g/mol. The molecule has 1 fully saturated rings. The normalized spacial score (nSPS) is 20.6. The molecule has 0 aromatic heterocycles. The van der Waals surface area contributed by atoms with E-state index >= 15 is 0 Å². The molecule has 0 aliphatic carbocycles. The standard InChI is InChI=1S/C17H35NO2S/c1-2-3-4-5-6-8-11-20-15-16(19)13-18-14-17-10-7-9-12-21-17/h16-19H,2-15H2,1H3. The van der Waals surface area contributed by atoms with Gasteiger partial charge >= 0.3 is 0 Å². The predicted octanol–water partition coefficient (Wildman–Crippen LogP) is 3.60. The summed E-state index contributed by atoms with van der Waals surface area (Å²) < 4.78 is 5.55. The van der Waals surface area contributed by atoms with Gasteiger partial charge in [0.15, 0.2) is 0 Å². The van der Waals surface area contributed by atoms with Gasteiger partial charge in [0.05, 0.1) is 12.7 Å². The van der Waals surface area contributed by atoms with Gasteiger partial charge in [0, 0.05) is 24.9 Å². The van der Waals surface area contributed by atoms with E-state index in [9.17, 15) is 5.11 Å². The van der Waals surface area contributed by atoms with Crippen LogP contribution >= 0.6 is 11.8 Å². The van der Waals surface area contributed by atoms with Gasteiger partial charge in [-0.05, 0) is 25.0 Å². The molecule has 0 aromatic rings. The Hall–Kier alpha value is 0.230. The molecule has 1 heterocycles. The van der Waals surface area contributed by atoms with Gasteiger partial charge in [0.2, 0.25) is 0 Å². The zero-order valence-corrected chi connectivity index (χ0v) is 14.6. The molecule has 0 aromatic carbocycles. The summed E-state index contributed by atoms with van der Waals surface area (Å²) in [5.74, 6) is 1.30. The van der Waals surface area contributed by atoms with E-state index in [-0.39, 0.29) is 6.10 Å². The first kappa shape index (κ1) is 19.3. The van der Waals surface area contributed by atoms with Crippen LogP contribution < -0.4 is 5.32 Å². The van der Waals surface area contributed by atoms with Gasteiger partial charge in [0.1, 0.15) is 0 Å². The van der Waals surface area contributed by atoms with E-state index in [1.54, 1.807) is 0 Å². The highest BCUT2D eigenvalue weighted by Gasteiger charge is 2.13. The summed E-state index contributed by atoms with van der Waals surface area (Å²) in [6.07, 6.45) is 11.4. The summed E-state index contributed by atoms with van der Waals surface area (Å²) in [7, 11) is 0. The SMILES string of the molecule is CCCCCCCCOCC(O)CNCC1CCCCS1. The van der Waals surface area contributed by atoms with Crippen molar-refractivity contribution in [3.05, 3.63) is 0 Å². The number of unbranched alkanes of at least 4 members (excludes halogenated alkanes) is 5. The minimum atomic E-state index is -0.362. The Kier molecular flexibility index (Phi) is 12.7. The van der Waals surface area contributed by atoms with Crippen molar-refractivity contribution in [2.24, 2.45) is 0 Å². The van der Waals surface area contributed by atoms with Crippen molar-refractivity contribution in [3.63, 3.8) is 0 Å². The molecule has 1 aliphatic heterocycles. The summed E-state index contributed by atoms with van der Waals surface area (Å²) >= 11 is 2.07. The third-order valence-electron chi connectivity index (χ3n) is 3.98. The Morgan fingerprint density at radius 3 is 2.76 bits per heavy atom. The van der Waals surface area contributed by atoms with Crippen molar-refractivity contribution in [3.8, 4) is 0 Å². The summed E-state index contributed by atoms with van der Waals surface area (Å²) in [5.41, 5.74) is 0. The summed E-state index contributed by atoms with van der Waals surface area (Å²) in [4.78, 5) is 0. The molecule has 4 heteroatoms. The molecule has 2 atom stereocenters. The van der Waals surface area contributed by atoms with Crippen molar-refractivity contribution in [1.29, 1.82) is 0 Å². The first-order valence-corrected chi connectivity index (χ1v) is 9.96. The number of ether oxygens (including phenoxy) is 1. The van der Waals surface area contributed by atoms with Gasteiger partial charge in [-0.3, -0.25) is 0 Å². The molecule has 21 heavy (non-hydrogen) atoms. The molecule has 2 N–H and O–H groups in total. The van der Waals surface area contributed by atoms with Crippen LogP contribution in [-0.4, -0.2) is 48.5 Å². The lowest BCUT2D eigenvalue weighted by molar-refractivity contribution is 0.0355. The first-order chi connectivity index (χ1) is 10.3. The van der Waals surface area contributed by atoms with E-state index in [2.05, 4.69) is 24.0 Å². The molecule has 0 saturated carbocycles. The number of aliphatic hydroxyl groups excluding tert-OH is 1. The predicted molar refractivity (Wildman–Crippen MR) is 93.2 cm³/mol. The fourth-order valence-electron chi connectivity index (χ4n) is 2.64. The van der Waals surface area contributed by atoms with Gasteiger partial charge in [0.25, 0.3) is 0 Å². The average Bonchev–Trinajstić information content (AvgIpc) is 2.51. The zero-order valence-electron chi connectivity index (χ0n) is 13.8. The van der Waals surface area contributed by atoms with E-state index < -0.39 is 0 Å². The summed E-state index contributed by atoms with van der Waals surface area (Å²) in [6.45, 7) is 5.19. The fourth-order valence-corrected chi connectivity index (χ4v) is 3.92. The van der Waals surface area contributed by atoms with Gasteiger partial charge in [-0.1, -0.05) is 45.4 Å². The van der Waals surface area contributed by atoms with E-state index in [1.165, 1.54) is 57.1 Å². The molecule has 1 aliphatic rings. The summed E-state index contributed by atoms with van der Waals surface area (Å²) in [5, 5.41) is 14.0. The van der Waals surface area contributed by atoms with Crippen molar-refractivity contribution in [1.82, 2.24) is 5.32 Å². The van der Waals surface area contributed by atoms with E-state index in [1.807, 2.05) is 0 Å². The van der Waals surface area contributed by atoms with Crippen LogP contribution in [0.3, 0.4) is 0 Å². The van der Waals surface area contributed by atoms with Gasteiger partial charge < -0.3 is 15.2 Å². The lowest BCUT2D eigenvalue weighted by Crippen LogP contribution is -2.35. The number of rotatable bonds is 13. The number of thioether (sulfide) groups is 1. The minimum Gasteiger partial charge on any atom is -0.389 e. The van der Waals surface area contributed by atoms with Crippen molar-refractivity contribution in [2.75, 3.05) is 32.1 Å². The van der Waals surface area contributed by atoms with Crippen LogP contribution in [0.4, 0.5) is 0 Å². The summed E-state index contributed by atoms with van der Waals surface area (Å²) in [6, 6.07) is 0. The second-order valence-electron chi connectivity index (χ2n) is 6.14. The lowest BCUT2D eigenvalue weighted by atomic mass is 10.1. The minimum absolute atomic E-state index is 0.362. The van der Waals surface area contributed by atoms with E-state index in [0.29, 0.717) is 13.2 Å². The maximum Gasteiger partial charge on any atom is 0.0897 e. The van der Waals surface area contributed by atoms with Crippen LogP contribution in [0.5, 0.6) is 0 Å².